The lowest BCUT2D eigenvalue weighted by Crippen LogP contribution is -2.42. The molecule has 0 aliphatic heterocycles. The molecular weight excluding hydrogens is 487 g/mol. The minimum absolute atomic E-state index is 0. The van der Waals surface area contributed by atoms with Crippen LogP contribution >= 0.6 is 24.0 Å². The van der Waals surface area contributed by atoms with Crippen LogP contribution in [0.3, 0.4) is 0 Å². The Morgan fingerprint density at radius 3 is 2.47 bits per heavy atom. The number of hydrogen-bond acceptors (Lipinski definition) is 3. The molecule has 0 radical (unpaired) electrons. The molecule has 1 aromatic carbocycles. The summed E-state index contributed by atoms with van der Waals surface area (Å²) in [5.74, 6) is 1.63. The lowest BCUT2D eigenvalue weighted by Gasteiger charge is -2.18. The molecule has 2 aromatic heterocycles. The Labute approximate surface area is 196 Å². The number of aromatic nitrogens is 3. The number of pyridine rings is 1. The Kier molecular flexibility index (Phi) is 9.29. The zero-order valence-electron chi connectivity index (χ0n) is 18.1. The molecule has 0 saturated carbocycles. The molecule has 2 N–H and O–H groups in total. The average Bonchev–Trinajstić information content (AvgIpc) is 3.08. The van der Waals surface area contributed by atoms with Crippen molar-refractivity contribution in [3.05, 3.63) is 77.2 Å². The third-order valence-corrected chi connectivity index (χ3v) is 4.81. The largest absolute Gasteiger partial charge is 0.354 e. The van der Waals surface area contributed by atoms with Crippen LogP contribution in [0.4, 0.5) is 0 Å². The van der Waals surface area contributed by atoms with E-state index in [0.29, 0.717) is 12.6 Å². The first kappa shape index (κ1) is 23.9. The van der Waals surface area contributed by atoms with Crippen molar-refractivity contribution in [3.8, 4) is 5.82 Å². The van der Waals surface area contributed by atoms with Gasteiger partial charge < -0.3 is 10.6 Å². The molecule has 0 spiro atoms. The van der Waals surface area contributed by atoms with Crippen LogP contribution in [0.25, 0.3) is 5.82 Å². The summed E-state index contributed by atoms with van der Waals surface area (Å²) in [4.78, 5) is 8.89. The molecule has 0 aliphatic carbocycles. The Hall–Kier alpha value is -2.42. The fraction of sp³-hybridized carbons (Fsp3) is 0.348. The fourth-order valence-corrected chi connectivity index (χ4v) is 3.22. The Morgan fingerprint density at radius 2 is 1.87 bits per heavy atom. The normalized spacial score (nSPS) is 12.2. The van der Waals surface area contributed by atoms with Crippen molar-refractivity contribution >= 4 is 29.9 Å². The molecule has 2 heterocycles. The van der Waals surface area contributed by atoms with Gasteiger partial charge in [0.25, 0.3) is 0 Å². The van der Waals surface area contributed by atoms with E-state index in [2.05, 4.69) is 69.0 Å². The third kappa shape index (κ3) is 6.83. The predicted octanol–water partition coefficient (Wildman–Crippen LogP) is 4.19. The van der Waals surface area contributed by atoms with E-state index < -0.39 is 0 Å². The van der Waals surface area contributed by atoms with Crippen LogP contribution in [-0.2, 0) is 13.0 Å². The van der Waals surface area contributed by atoms with E-state index in [9.17, 15) is 0 Å². The smallest absolute Gasteiger partial charge is 0.191 e. The molecule has 0 aliphatic rings. The van der Waals surface area contributed by atoms with Gasteiger partial charge >= 0.3 is 0 Å². The molecule has 0 fully saturated rings. The Morgan fingerprint density at radius 1 is 1.10 bits per heavy atom. The predicted molar refractivity (Wildman–Crippen MR) is 134 cm³/mol. The lowest BCUT2D eigenvalue weighted by molar-refractivity contribution is 0.593. The first-order valence-corrected chi connectivity index (χ1v) is 10.0. The topological polar surface area (TPSA) is 67.1 Å². The maximum Gasteiger partial charge on any atom is 0.191 e. The first-order valence-electron chi connectivity index (χ1n) is 10.0. The van der Waals surface area contributed by atoms with Gasteiger partial charge in [0.05, 0.1) is 5.69 Å². The Bertz CT molecular complexity index is 934. The number of aryl methyl sites for hydroxylation is 3. The van der Waals surface area contributed by atoms with Gasteiger partial charge in [-0.15, -0.1) is 24.0 Å². The van der Waals surface area contributed by atoms with Crippen LogP contribution in [0.1, 0.15) is 35.9 Å². The molecule has 6 nitrogen and oxygen atoms in total. The molecule has 3 rings (SSSR count). The summed E-state index contributed by atoms with van der Waals surface area (Å²) < 4.78 is 1.86. The highest BCUT2D eigenvalue weighted by Gasteiger charge is 2.07. The first-order chi connectivity index (χ1) is 14.0. The van der Waals surface area contributed by atoms with Gasteiger partial charge in [0.15, 0.2) is 11.8 Å². The number of rotatable bonds is 7. The number of aliphatic imine (C=N–C) groups is 1. The van der Waals surface area contributed by atoms with Gasteiger partial charge in [-0.3, -0.25) is 4.99 Å². The molecule has 0 amide bonds. The quantitative estimate of drug-likeness (QED) is 0.280. The Balaban J connectivity index is 0.00000320. The maximum atomic E-state index is 4.55. The van der Waals surface area contributed by atoms with Gasteiger partial charge in [-0.05, 0) is 56.9 Å². The summed E-state index contributed by atoms with van der Waals surface area (Å²) >= 11 is 0. The number of hydrogen-bond donors (Lipinski definition) is 2. The molecule has 1 atom stereocenters. The van der Waals surface area contributed by atoms with Gasteiger partial charge in [0.2, 0.25) is 0 Å². The van der Waals surface area contributed by atoms with Crippen LogP contribution in [0.5, 0.6) is 0 Å². The van der Waals surface area contributed by atoms with E-state index in [0.717, 1.165) is 41.6 Å². The molecule has 3 aromatic rings. The highest BCUT2D eigenvalue weighted by atomic mass is 127. The van der Waals surface area contributed by atoms with Gasteiger partial charge in [0, 0.05) is 31.5 Å². The van der Waals surface area contributed by atoms with Crippen molar-refractivity contribution in [3.63, 3.8) is 0 Å². The summed E-state index contributed by atoms with van der Waals surface area (Å²) in [5, 5.41) is 11.3. The third-order valence-electron chi connectivity index (χ3n) is 4.81. The minimum Gasteiger partial charge on any atom is -0.354 e. The summed E-state index contributed by atoms with van der Waals surface area (Å²) in [6, 6.07) is 17.0. The van der Waals surface area contributed by atoms with Crippen molar-refractivity contribution in [1.29, 1.82) is 0 Å². The zero-order valence-corrected chi connectivity index (χ0v) is 20.4. The maximum absolute atomic E-state index is 4.55. The molecule has 30 heavy (non-hydrogen) atoms. The second-order valence-electron chi connectivity index (χ2n) is 7.36. The van der Waals surface area contributed by atoms with Crippen LogP contribution < -0.4 is 10.6 Å². The van der Waals surface area contributed by atoms with Crippen LogP contribution in [0.15, 0.2) is 59.7 Å². The zero-order chi connectivity index (χ0) is 20.6. The number of halogens is 1. The van der Waals surface area contributed by atoms with Gasteiger partial charge in [-0.2, -0.15) is 5.10 Å². The van der Waals surface area contributed by atoms with E-state index in [1.807, 2.05) is 36.9 Å². The number of benzene rings is 1. The summed E-state index contributed by atoms with van der Waals surface area (Å²) in [6.07, 6.45) is 3.97. The molecule has 160 valence electrons. The summed E-state index contributed by atoms with van der Waals surface area (Å²) in [6.45, 7) is 6.86. The van der Waals surface area contributed by atoms with Crippen molar-refractivity contribution in [2.45, 2.75) is 46.2 Å². The van der Waals surface area contributed by atoms with Crippen molar-refractivity contribution in [2.24, 2.45) is 4.99 Å². The second-order valence-corrected chi connectivity index (χ2v) is 7.36. The van der Waals surface area contributed by atoms with Crippen LogP contribution in [0, 0.1) is 13.8 Å². The fourth-order valence-electron chi connectivity index (χ4n) is 3.22. The number of nitrogens with zero attached hydrogens (tertiary/aromatic N) is 4. The van der Waals surface area contributed by atoms with Crippen LogP contribution in [-0.4, -0.2) is 33.8 Å². The standard InChI is InChI=1S/C23H30N6.HI/c1-17(10-11-20-8-6-5-7-9-20)27-23(24-4)26-16-21-12-13-22(25-15-21)29-19(3)14-18(2)28-29;/h5-9,12-15,17H,10-11,16H2,1-4H3,(H2,24,26,27);1H. The summed E-state index contributed by atoms with van der Waals surface area (Å²) in [5.41, 5.74) is 4.52. The van der Waals surface area contributed by atoms with E-state index in [1.165, 1.54) is 5.56 Å². The summed E-state index contributed by atoms with van der Waals surface area (Å²) in [7, 11) is 1.80. The monoisotopic (exact) mass is 518 g/mol. The molecule has 7 heteroatoms. The highest BCUT2D eigenvalue weighted by molar-refractivity contribution is 14.0. The molecule has 0 bridgehead atoms. The SMILES string of the molecule is CN=C(NCc1ccc(-n2nc(C)cc2C)nc1)NC(C)CCc1ccccc1.I. The highest BCUT2D eigenvalue weighted by Crippen LogP contribution is 2.10. The minimum atomic E-state index is 0. The van der Waals surface area contributed by atoms with Gasteiger partial charge in [-0.1, -0.05) is 36.4 Å². The van der Waals surface area contributed by atoms with E-state index in [1.54, 1.807) is 7.05 Å². The van der Waals surface area contributed by atoms with E-state index in [-0.39, 0.29) is 24.0 Å². The van der Waals surface area contributed by atoms with Crippen LogP contribution in [0.2, 0.25) is 0 Å². The van der Waals surface area contributed by atoms with Crippen molar-refractivity contribution in [2.75, 3.05) is 7.05 Å². The second kappa shape index (κ2) is 11.7. The molecule has 1 unspecified atom stereocenters. The molecular formula is C23H31IN6. The number of guanidine groups is 1. The van der Waals surface area contributed by atoms with Crippen molar-refractivity contribution < 1.29 is 0 Å². The van der Waals surface area contributed by atoms with E-state index in [4.69, 9.17) is 0 Å². The van der Waals surface area contributed by atoms with E-state index >= 15 is 0 Å². The lowest BCUT2D eigenvalue weighted by atomic mass is 10.1. The average molecular weight is 518 g/mol. The molecule has 0 saturated heterocycles. The van der Waals surface area contributed by atoms with Crippen molar-refractivity contribution in [1.82, 2.24) is 25.4 Å². The van der Waals surface area contributed by atoms with Gasteiger partial charge in [-0.25, -0.2) is 9.67 Å². The number of nitrogens with one attached hydrogen (secondary N) is 2. The van der Waals surface area contributed by atoms with Gasteiger partial charge in [0.1, 0.15) is 0 Å².